The first-order valence-electron chi connectivity index (χ1n) is 9.57. The Morgan fingerprint density at radius 3 is 2.64 bits per heavy atom. The topological polar surface area (TPSA) is 52.7 Å². The summed E-state index contributed by atoms with van der Waals surface area (Å²) in [5.74, 6) is -0.402. The highest BCUT2D eigenvalue weighted by molar-refractivity contribution is 6.02. The number of anilines is 1. The maximum absolute atomic E-state index is 13.4. The average Bonchev–Trinajstić information content (AvgIpc) is 2.67. The van der Waals surface area contributed by atoms with E-state index in [1.165, 1.54) is 12.1 Å². The van der Waals surface area contributed by atoms with Crippen LogP contribution in [0.5, 0.6) is 0 Å². The van der Waals surface area contributed by atoms with E-state index in [2.05, 4.69) is 10.2 Å². The second-order valence-corrected chi connectivity index (χ2v) is 7.75. The van der Waals surface area contributed by atoms with Gasteiger partial charge < -0.3 is 15.1 Å². The zero-order valence-corrected chi connectivity index (χ0v) is 16.2. The number of fused-ring (bicyclic) bond motifs is 1. The predicted octanol–water partition coefficient (Wildman–Crippen LogP) is 2.88. The molecule has 4 rings (SSSR count). The lowest BCUT2D eigenvalue weighted by Crippen LogP contribution is -2.67. The number of nitrogens with zero attached hydrogens (tertiary/aromatic N) is 2. The highest BCUT2D eigenvalue weighted by Gasteiger charge is 2.44. The van der Waals surface area contributed by atoms with Gasteiger partial charge in [-0.3, -0.25) is 9.59 Å². The summed E-state index contributed by atoms with van der Waals surface area (Å²) in [6.07, 6.45) is 1.49. The molecule has 0 aliphatic carbocycles. The SMILES string of the molecule is Cc1ccc2c(c1)C(=O)NC1(CCN(C(=O)Cc3cccc(F)c3)CC1)N2C. The Morgan fingerprint density at radius 1 is 1.18 bits per heavy atom. The van der Waals surface area contributed by atoms with Crippen molar-refractivity contribution in [2.24, 2.45) is 0 Å². The number of nitrogens with one attached hydrogen (secondary N) is 1. The predicted molar refractivity (Wildman–Crippen MR) is 106 cm³/mol. The first-order chi connectivity index (χ1) is 13.4. The van der Waals surface area contributed by atoms with Crippen LogP contribution in [0.25, 0.3) is 0 Å². The molecule has 2 heterocycles. The van der Waals surface area contributed by atoms with E-state index in [1.807, 2.05) is 32.2 Å². The number of halogens is 1. The van der Waals surface area contributed by atoms with Crippen LogP contribution in [0.4, 0.5) is 10.1 Å². The first kappa shape index (κ1) is 18.5. The van der Waals surface area contributed by atoms with E-state index >= 15 is 0 Å². The van der Waals surface area contributed by atoms with Crippen molar-refractivity contribution in [1.29, 1.82) is 0 Å². The summed E-state index contributed by atoms with van der Waals surface area (Å²) in [6, 6.07) is 12.1. The summed E-state index contributed by atoms with van der Waals surface area (Å²) in [5, 5.41) is 3.18. The van der Waals surface area contributed by atoms with E-state index < -0.39 is 5.66 Å². The number of piperidine rings is 1. The van der Waals surface area contributed by atoms with E-state index in [4.69, 9.17) is 0 Å². The van der Waals surface area contributed by atoms with Crippen LogP contribution in [0, 0.1) is 12.7 Å². The zero-order chi connectivity index (χ0) is 19.9. The molecule has 0 aromatic heterocycles. The maximum Gasteiger partial charge on any atom is 0.255 e. The van der Waals surface area contributed by atoms with Gasteiger partial charge >= 0.3 is 0 Å². The summed E-state index contributed by atoms with van der Waals surface area (Å²) in [6.45, 7) is 3.08. The Hall–Kier alpha value is -2.89. The highest BCUT2D eigenvalue weighted by Crippen LogP contribution is 2.36. The molecule has 2 amide bonds. The molecule has 1 N–H and O–H groups in total. The largest absolute Gasteiger partial charge is 0.351 e. The molecule has 0 radical (unpaired) electrons. The molecule has 2 aromatic rings. The van der Waals surface area contributed by atoms with E-state index in [1.54, 1.807) is 17.0 Å². The molecule has 2 aromatic carbocycles. The number of hydrogen-bond donors (Lipinski definition) is 1. The number of benzene rings is 2. The van der Waals surface area contributed by atoms with Gasteiger partial charge in [-0.1, -0.05) is 23.8 Å². The van der Waals surface area contributed by atoms with Gasteiger partial charge in [-0.2, -0.15) is 0 Å². The molecule has 0 unspecified atom stereocenters. The van der Waals surface area contributed by atoms with Gasteiger partial charge in [0.2, 0.25) is 5.91 Å². The number of amides is 2. The third-order valence-corrected chi connectivity index (χ3v) is 5.93. The quantitative estimate of drug-likeness (QED) is 0.870. The van der Waals surface area contributed by atoms with Crippen molar-refractivity contribution in [3.63, 3.8) is 0 Å². The number of aryl methyl sites for hydroxylation is 1. The first-order valence-corrected chi connectivity index (χ1v) is 9.57. The molecular formula is C22H24FN3O2. The Labute approximate surface area is 164 Å². The molecule has 1 spiro atoms. The van der Waals surface area contributed by atoms with Crippen LogP contribution in [0.3, 0.4) is 0 Å². The monoisotopic (exact) mass is 381 g/mol. The number of likely N-dealkylation sites (tertiary alicyclic amines) is 1. The summed E-state index contributed by atoms with van der Waals surface area (Å²) in [5.41, 5.74) is 2.87. The van der Waals surface area contributed by atoms with Gasteiger partial charge in [0.05, 0.1) is 17.7 Å². The zero-order valence-electron chi connectivity index (χ0n) is 16.2. The Balaban J connectivity index is 1.47. The van der Waals surface area contributed by atoms with Crippen LogP contribution in [0.15, 0.2) is 42.5 Å². The van der Waals surface area contributed by atoms with Crippen LogP contribution >= 0.6 is 0 Å². The van der Waals surface area contributed by atoms with Gasteiger partial charge in [0.15, 0.2) is 0 Å². The van der Waals surface area contributed by atoms with Crippen LogP contribution in [0.1, 0.15) is 34.3 Å². The molecule has 0 atom stereocenters. The van der Waals surface area contributed by atoms with Gasteiger partial charge in [-0.25, -0.2) is 4.39 Å². The normalized spacial score (nSPS) is 18.0. The third kappa shape index (κ3) is 3.23. The standard InChI is InChI=1S/C22H24FN3O2/c1-15-6-7-19-18(12-15)21(28)24-22(25(19)2)8-10-26(11-9-22)20(27)14-16-4-3-5-17(23)13-16/h3-7,12-13H,8-11,14H2,1-2H3,(H,24,28). The average molecular weight is 381 g/mol. The van der Waals surface area contributed by atoms with E-state index in [-0.39, 0.29) is 24.1 Å². The molecule has 0 bridgehead atoms. The number of carbonyl (C=O) groups is 2. The van der Waals surface area contributed by atoms with Crippen LogP contribution in [0.2, 0.25) is 0 Å². The molecule has 5 nitrogen and oxygen atoms in total. The lowest BCUT2D eigenvalue weighted by Gasteiger charge is -2.51. The molecule has 1 saturated heterocycles. The van der Waals surface area contributed by atoms with Crippen molar-refractivity contribution in [3.8, 4) is 0 Å². The van der Waals surface area contributed by atoms with Crippen LogP contribution < -0.4 is 10.2 Å². The van der Waals surface area contributed by atoms with Gasteiger partial charge in [-0.15, -0.1) is 0 Å². The Morgan fingerprint density at radius 2 is 1.93 bits per heavy atom. The van der Waals surface area contributed by atoms with Crippen LogP contribution in [-0.2, 0) is 11.2 Å². The van der Waals surface area contributed by atoms with E-state index in [9.17, 15) is 14.0 Å². The molecular weight excluding hydrogens is 357 g/mol. The van der Waals surface area contributed by atoms with Gasteiger partial charge in [0.25, 0.3) is 5.91 Å². The molecule has 2 aliphatic heterocycles. The van der Waals surface area contributed by atoms with Crippen molar-refractivity contribution < 1.29 is 14.0 Å². The summed E-state index contributed by atoms with van der Waals surface area (Å²) >= 11 is 0. The molecule has 2 aliphatic rings. The highest BCUT2D eigenvalue weighted by atomic mass is 19.1. The lowest BCUT2D eigenvalue weighted by atomic mass is 9.90. The fourth-order valence-electron chi connectivity index (χ4n) is 4.24. The minimum atomic E-state index is -0.477. The Kier molecular flexibility index (Phi) is 4.57. The van der Waals surface area contributed by atoms with Crippen molar-refractivity contribution in [3.05, 3.63) is 65.0 Å². The second kappa shape index (κ2) is 6.93. The fraction of sp³-hybridized carbons (Fsp3) is 0.364. The van der Waals surface area contributed by atoms with Gasteiger partial charge in [-0.05, 0) is 36.8 Å². The van der Waals surface area contributed by atoms with Crippen molar-refractivity contribution in [2.75, 3.05) is 25.0 Å². The second-order valence-electron chi connectivity index (χ2n) is 7.75. The van der Waals surface area contributed by atoms with Crippen molar-refractivity contribution in [1.82, 2.24) is 10.2 Å². The molecule has 146 valence electrons. The smallest absolute Gasteiger partial charge is 0.255 e. The number of carbonyl (C=O) groups excluding carboxylic acids is 2. The van der Waals surface area contributed by atoms with E-state index in [0.717, 1.165) is 11.3 Å². The van der Waals surface area contributed by atoms with Gasteiger partial charge in [0.1, 0.15) is 11.5 Å². The third-order valence-electron chi connectivity index (χ3n) is 5.93. The number of rotatable bonds is 2. The van der Waals surface area contributed by atoms with Crippen LogP contribution in [-0.4, -0.2) is 42.5 Å². The summed E-state index contributed by atoms with van der Waals surface area (Å²) in [4.78, 5) is 29.3. The molecule has 6 heteroatoms. The molecule has 28 heavy (non-hydrogen) atoms. The summed E-state index contributed by atoms with van der Waals surface area (Å²) < 4.78 is 13.4. The summed E-state index contributed by atoms with van der Waals surface area (Å²) in [7, 11) is 2.00. The van der Waals surface area contributed by atoms with Gasteiger partial charge in [0, 0.05) is 33.0 Å². The maximum atomic E-state index is 13.4. The lowest BCUT2D eigenvalue weighted by molar-refractivity contribution is -0.132. The minimum Gasteiger partial charge on any atom is -0.351 e. The molecule has 0 saturated carbocycles. The fourth-order valence-corrected chi connectivity index (χ4v) is 4.24. The van der Waals surface area contributed by atoms with Crippen molar-refractivity contribution >= 4 is 17.5 Å². The van der Waals surface area contributed by atoms with Crippen molar-refractivity contribution in [2.45, 2.75) is 31.8 Å². The minimum absolute atomic E-state index is 0.0127. The molecule has 1 fully saturated rings. The van der Waals surface area contributed by atoms with E-state index in [0.29, 0.717) is 37.1 Å². The Bertz CT molecular complexity index is 935. The number of hydrogen-bond acceptors (Lipinski definition) is 3.